The van der Waals surface area contributed by atoms with Crippen LogP contribution in [-0.4, -0.2) is 61.5 Å². The molecule has 0 spiro atoms. The van der Waals surface area contributed by atoms with Gasteiger partial charge in [-0.3, -0.25) is 4.79 Å². The third kappa shape index (κ3) is 4.68. The highest BCUT2D eigenvalue weighted by molar-refractivity contribution is 7.99. The standard InChI is InChI=1S/C15H23N3O3S2/c1-12-6-8-18(9-7-12)15(19)11-22-14-5-4-13(10-16-14)23(20,21)17(2)3/h4-5,10,12H,6-9,11H2,1-3H3. The molecule has 1 aromatic rings. The summed E-state index contributed by atoms with van der Waals surface area (Å²) in [7, 11) is -0.496. The molecule has 0 bridgehead atoms. The zero-order valence-corrected chi connectivity index (χ0v) is 15.4. The summed E-state index contributed by atoms with van der Waals surface area (Å²) in [5.74, 6) is 1.15. The number of piperidine rings is 1. The Hall–Kier alpha value is -1.12. The van der Waals surface area contributed by atoms with Crippen molar-refractivity contribution < 1.29 is 13.2 Å². The largest absolute Gasteiger partial charge is 0.342 e. The van der Waals surface area contributed by atoms with Gasteiger partial charge in [0.1, 0.15) is 4.90 Å². The Morgan fingerprint density at radius 2 is 2.00 bits per heavy atom. The van der Waals surface area contributed by atoms with E-state index in [0.29, 0.717) is 16.7 Å². The van der Waals surface area contributed by atoms with Gasteiger partial charge in [0.05, 0.1) is 10.8 Å². The molecule has 0 aromatic carbocycles. The van der Waals surface area contributed by atoms with Crippen molar-refractivity contribution in [2.24, 2.45) is 5.92 Å². The number of rotatable bonds is 5. The van der Waals surface area contributed by atoms with Crippen LogP contribution in [-0.2, 0) is 14.8 Å². The van der Waals surface area contributed by atoms with Crippen LogP contribution in [0.5, 0.6) is 0 Å². The second-order valence-electron chi connectivity index (χ2n) is 5.97. The summed E-state index contributed by atoms with van der Waals surface area (Å²) in [5.41, 5.74) is 0. The first kappa shape index (κ1) is 18.2. The highest BCUT2D eigenvalue weighted by atomic mass is 32.2. The smallest absolute Gasteiger partial charge is 0.244 e. The Kier molecular flexibility index (Phi) is 6.05. The first-order chi connectivity index (χ1) is 10.8. The minimum atomic E-state index is -3.46. The summed E-state index contributed by atoms with van der Waals surface area (Å²) < 4.78 is 25.1. The third-order valence-electron chi connectivity index (χ3n) is 3.97. The number of nitrogens with zero attached hydrogens (tertiary/aromatic N) is 3. The van der Waals surface area contributed by atoms with E-state index in [0.717, 1.165) is 30.2 Å². The molecular weight excluding hydrogens is 334 g/mol. The van der Waals surface area contributed by atoms with Crippen molar-refractivity contribution in [1.82, 2.24) is 14.2 Å². The predicted molar refractivity (Wildman–Crippen MR) is 90.8 cm³/mol. The SMILES string of the molecule is CC1CCN(C(=O)CSc2ccc(S(=O)(=O)N(C)C)cn2)CC1. The van der Waals surface area contributed by atoms with E-state index in [-0.39, 0.29) is 10.8 Å². The number of aromatic nitrogens is 1. The van der Waals surface area contributed by atoms with E-state index in [1.807, 2.05) is 4.90 Å². The molecule has 1 amide bonds. The highest BCUT2D eigenvalue weighted by Crippen LogP contribution is 2.21. The molecular formula is C15H23N3O3S2. The maximum Gasteiger partial charge on any atom is 0.244 e. The number of pyridine rings is 1. The fourth-order valence-electron chi connectivity index (χ4n) is 2.30. The average molecular weight is 358 g/mol. The molecule has 2 rings (SSSR count). The lowest BCUT2D eigenvalue weighted by Crippen LogP contribution is -2.38. The fourth-order valence-corrected chi connectivity index (χ4v) is 3.89. The van der Waals surface area contributed by atoms with Gasteiger partial charge in [0.25, 0.3) is 0 Å². The van der Waals surface area contributed by atoms with E-state index in [1.165, 1.54) is 38.1 Å². The Balaban J connectivity index is 1.90. The lowest BCUT2D eigenvalue weighted by Gasteiger charge is -2.30. The molecule has 2 heterocycles. The summed E-state index contributed by atoms with van der Waals surface area (Å²) >= 11 is 1.34. The number of sulfonamides is 1. The summed E-state index contributed by atoms with van der Waals surface area (Å²) in [6, 6.07) is 3.17. The average Bonchev–Trinajstić information content (AvgIpc) is 2.53. The number of thioether (sulfide) groups is 1. The van der Waals surface area contributed by atoms with Gasteiger partial charge in [0.15, 0.2) is 0 Å². The number of likely N-dealkylation sites (tertiary alicyclic amines) is 1. The van der Waals surface area contributed by atoms with Crippen molar-refractivity contribution >= 4 is 27.7 Å². The normalized spacial score (nSPS) is 16.8. The topological polar surface area (TPSA) is 70.6 Å². The van der Waals surface area contributed by atoms with Crippen molar-refractivity contribution in [3.8, 4) is 0 Å². The van der Waals surface area contributed by atoms with Crippen LogP contribution >= 0.6 is 11.8 Å². The van der Waals surface area contributed by atoms with Crippen molar-refractivity contribution in [2.75, 3.05) is 32.9 Å². The van der Waals surface area contributed by atoms with Gasteiger partial charge in [-0.25, -0.2) is 17.7 Å². The maximum atomic E-state index is 12.2. The molecule has 23 heavy (non-hydrogen) atoms. The van der Waals surface area contributed by atoms with E-state index in [2.05, 4.69) is 11.9 Å². The monoisotopic (exact) mass is 357 g/mol. The van der Waals surface area contributed by atoms with Crippen molar-refractivity contribution in [3.05, 3.63) is 18.3 Å². The third-order valence-corrected chi connectivity index (χ3v) is 6.69. The van der Waals surface area contributed by atoms with Crippen LogP contribution in [0.2, 0.25) is 0 Å². The van der Waals surface area contributed by atoms with Gasteiger partial charge in [0, 0.05) is 33.4 Å². The molecule has 1 aromatic heterocycles. The predicted octanol–water partition coefficient (Wildman–Crippen LogP) is 1.68. The Labute approximate surface area is 142 Å². The van der Waals surface area contributed by atoms with Crippen LogP contribution in [0.25, 0.3) is 0 Å². The van der Waals surface area contributed by atoms with Gasteiger partial charge in [0.2, 0.25) is 15.9 Å². The van der Waals surface area contributed by atoms with E-state index < -0.39 is 10.0 Å². The molecule has 1 saturated heterocycles. The minimum absolute atomic E-state index is 0.119. The van der Waals surface area contributed by atoms with Gasteiger partial charge in [-0.05, 0) is 30.9 Å². The molecule has 1 aliphatic heterocycles. The Bertz CT molecular complexity index is 636. The molecule has 6 nitrogen and oxygen atoms in total. The summed E-state index contributed by atoms with van der Waals surface area (Å²) in [5, 5.41) is 0.654. The lowest BCUT2D eigenvalue weighted by molar-refractivity contribution is -0.129. The number of carbonyl (C=O) groups excluding carboxylic acids is 1. The van der Waals surface area contributed by atoms with E-state index in [4.69, 9.17) is 0 Å². The zero-order chi connectivity index (χ0) is 17.0. The zero-order valence-electron chi connectivity index (χ0n) is 13.7. The number of amides is 1. The second kappa shape index (κ2) is 7.63. The number of hydrogen-bond donors (Lipinski definition) is 0. The second-order valence-corrected chi connectivity index (χ2v) is 9.12. The van der Waals surface area contributed by atoms with Gasteiger partial charge < -0.3 is 4.90 Å². The number of hydrogen-bond acceptors (Lipinski definition) is 5. The summed E-state index contributed by atoms with van der Waals surface area (Å²) in [4.78, 5) is 18.4. The summed E-state index contributed by atoms with van der Waals surface area (Å²) in [6.07, 6.45) is 3.46. The van der Waals surface area contributed by atoms with Crippen LogP contribution in [0.15, 0.2) is 28.3 Å². The molecule has 0 unspecified atom stereocenters. The van der Waals surface area contributed by atoms with Crippen molar-refractivity contribution in [3.63, 3.8) is 0 Å². The van der Waals surface area contributed by atoms with Crippen LogP contribution < -0.4 is 0 Å². The molecule has 0 saturated carbocycles. The Morgan fingerprint density at radius 3 is 2.52 bits per heavy atom. The highest BCUT2D eigenvalue weighted by Gasteiger charge is 2.21. The number of carbonyl (C=O) groups is 1. The van der Waals surface area contributed by atoms with E-state index >= 15 is 0 Å². The van der Waals surface area contributed by atoms with Gasteiger partial charge >= 0.3 is 0 Å². The van der Waals surface area contributed by atoms with E-state index in [1.54, 1.807) is 6.07 Å². The van der Waals surface area contributed by atoms with Crippen molar-refractivity contribution in [2.45, 2.75) is 29.7 Å². The minimum Gasteiger partial charge on any atom is -0.342 e. The molecule has 128 valence electrons. The molecule has 1 aliphatic rings. The molecule has 0 aliphatic carbocycles. The summed E-state index contributed by atoms with van der Waals surface area (Å²) in [6.45, 7) is 3.87. The quantitative estimate of drug-likeness (QED) is 0.750. The van der Waals surface area contributed by atoms with Gasteiger partial charge in [-0.1, -0.05) is 18.7 Å². The van der Waals surface area contributed by atoms with Gasteiger partial charge in [-0.15, -0.1) is 0 Å². The van der Waals surface area contributed by atoms with Crippen LogP contribution in [0.4, 0.5) is 0 Å². The molecule has 0 atom stereocenters. The first-order valence-corrected chi connectivity index (χ1v) is 10.0. The van der Waals surface area contributed by atoms with Crippen molar-refractivity contribution in [1.29, 1.82) is 0 Å². The molecule has 1 fully saturated rings. The first-order valence-electron chi connectivity index (χ1n) is 7.60. The molecule has 0 radical (unpaired) electrons. The van der Waals surface area contributed by atoms with E-state index in [9.17, 15) is 13.2 Å². The maximum absolute atomic E-state index is 12.2. The molecule has 8 heteroatoms. The van der Waals surface area contributed by atoms with Crippen LogP contribution in [0, 0.1) is 5.92 Å². The fraction of sp³-hybridized carbons (Fsp3) is 0.600. The molecule has 0 N–H and O–H groups in total. The van der Waals surface area contributed by atoms with Crippen LogP contribution in [0.1, 0.15) is 19.8 Å². The van der Waals surface area contributed by atoms with Crippen LogP contribution in [0.3, 0.4) is 0 Å². The lowest BCUT2D eigenvalue weighted by atomic mass is 9.99. The Morgan fingerprint density at radius 1 is 1.35 bits per heavy atom. The van der Waals surface area contributed by atoms with Gasteiger partial charge in [-0.2, -0.15) is 0 Å².